The predicted octanol–water partition coefficient (Wildman–Crippen LogP) is 2.38. The fourth-order valence-corrected chi connectivity index (χ4v) is 2.52. The summed E-state index contributed by atoms with van der Waals surface area (Å²) < 4.78 is 0. The van der Waals surface area contributed by atoms with E-state index in [0.29, 0.717) is 0 Å². The number of nitrogens with two attached hydrogens (primary N) is 1. The molecule has 0 amide bonds. The van der Waals surface area contributed by atoms with Gasteiger partial charge in [-0.3, -0.25) is 0 Å². The molecule has 2 nitrogen and oxygen atoms in total. The van der Waals surface area contributed by atoms with Crippen LogP contribution in [0.5, 0.6) is 0 Å². The normalized spacial score (nSPS) is 23.1. The van der Waals surface area contributed by atoms with Crippen molar-refractivity contribution in [2.75, 3.05) is 6.54 Å². The Morgan fingerprint density at radius 3 is 2.29 bits per heavy atom. The van der Waals surface area contributed by atoms with Gasteiger partial charge in [-0.1, -0.05) is 54.6 Å². The number of rotatable bonds is 1. The van der Waals surface area contributed by atoms with Crippen LogP contribution >= 0.6 is 0 Å². The molecular weight excluding hydrogens is 208 g/mol. The Bertz CT molecular complexity index is 507. The lowest BCUT2D eigenvalue weighted by molar-refractivity contribution is 0.504. The molecule has 1 aliphatic heterocycles. The van der Waals surface area contributed by atoms with Crippen LogP contribution in [-0.4, -0.2) is 6.54 Å². The first kappa shape index (κ1) is 10.5. The minimum absolute atomic E-state index is 0.103. The van der Waals surface area contributed by atoms with Crippen molar-refractivity contribution in [1.82, 2.24) is 5.32 Å². The average molecular weight is 224 g/mol. The van der Waals surface area contributed by atoms with Crippen molar-refractivity contribution in [2.45, 2.75) is 12.1 Å². The summed E-state index contributed by atoms with van der Waals surface area (Å²) >= 11 is 0. The van der Waals surface area contributed by atoms with Gasteiger partial charge >= 0.3 is 0 Å². The van der Waals surface area contributed by atoms with Crippen LogP contribution in [0.15, 0.2) is 54.6 Å². The van der Waals surface area contributed by atoms with Gasteiger partial charge in [0.15, 0.2) is 0 Å². The highest BCUT2D eigenvalue weighted by Crippen LogP contribution is 2.31. The summed E-state index contributed by atoms with van der Waals surface area (Å²) in [5, 5.41) is 3.52. The SMILES string of the molecule is NC1CNC(c2ccccc2)c2ccccc21. The zero-order valence-corrected chi connectivity index (χ0v) is 9.64. The maximum absolute atomic E-state index is 6.12. The molecule has 3 rings (SSSR count). The third kappa shape index (κ3) is 1.86. The summed E-state index contributed by atoms with van der Waals surface area (Å²) in [6, 6.07) is 19.3. The summed E-state index contributed by atoms with van der Waals surface area (Å²) in [4.78, 5) is 0. The first-order chi connectivity index (χ1) is 8.36. The second-order valence-corrected chi connectivity index (χ2v) is 4.49. The van der Waals surface area contributed by atoms with Crippen molar-refractivity contribution < 1.29 is 0 Å². The molecule has 0 saturated carbocycles. The highest BCUT2D eigenvalue weighted by molar-refractivity contribution is 5.41. The molecule has 17 heavy (non-hydrogen) atoms. The Hall–Kier alpha value is -1.64. The number of nitrogens with one attached hydrogen (secondary N) is 1. The van der Waals surface area contributed by atoms with Crippen LogP contribution in [0.2, 0.25) is 0 Å². The Kier molecular flexibility index (Phi) is 2.67. The van der Waals surface area contributed by atoms with Gasteiger partial charge in [-0.15, -0.1) is 0 Å². The van der Waals surface area contributed by atoms with Crippen LogP contribution in [0.4, 0.5) is 0 Å². The van der Waals surface area contributed by atoms with E-state index in [1.165, 1.54) is 16.7 Å². The third-order valence-corrected chi connectivity index (χ3v) is 3.38. The lowest BCUT2D eigenvalue weighted by atomic mass is 9.88. The van der Waals surface area contributed by atoms with Crippen LogP contribution in [0, 0.1) is 0 Å². The summed E-state index contributed by atoms with van der Waals surface area (Å²) in [6.07, 6.45) is 0. The van der Waals surface area contributed by atoms with E-state index >= 15 is 0 Å². The molecule has 0 fully saturated rings. The van der Waals surface area contributed by atoms with E-state index in [1.54, 1.807) is 0 Å². The first-order valence-electron chi connectivity index (χ1n) is 5.99. The van der Waals surface area contributed by atoms with Gasteiger partial charge < -0.3 is 11.1 Å². The monoisotopic (exact) mass is 224 g/mol. The maximum atomic E-state index is 6.12. The molecule has 0 bridgehead atoms. The van der Waals surface area contributed by atoms with Crippen molar-refractivity contribution in [1.29, 1.82) is 0 Å². The quantitative estimate of drug-likeness (QED) is 0.780. The molecule has 3 N–H and O–H groups in total. The highest BCUT2D eigenvalue weighted by atomic mass is 15.0. The van der Waals surface area contributed by atoms with E-state index in [2.05, 4.69) is 53.8 Å². The maximum Gasteiger partial charge on any atom is 0.0580 e. The molecule has 2 atom stereocenters. The van der Waals surface area contributed by atoms with Gasteiger partial charge in [0.25, 0.3) is 0 Å². The molecule has 0 saturated heterocycles. The van der Waals surface area contributed by atoms with Gasteiger partial charge in [0.1, 0.15) is 0 Å². The van der Waals surface area contributed by atoms with Gasteiger partial charge in [0, 0.05) is 12.6 Å². The highest BCUT2D eigenvalue weighted by Gasteiger charge is 2.24. The molecule has 0 spiro atoms. The van der Waals surface area contributed by atoms with Crippen molar-refractivity contribution >= 4 is 0 Å². The molecule has 2 unspecified atom stereocenters. The van der Waals surface area contributed by atoms with Crippen molar-refractivity contribution in [3.63, 3.8) is 0 Å². The molecule has 2 heteroatoms. The lowest BCUT2D eigenvalue weighted by Gasteiger charge is -2.31. The molecule has 0 aromatic heterocycles. The Labute approximate surface area is 101 Å². The standard InChI is InChI=1S/C15H16N2/c16-14-10-17-15(11-6-2-1-3-7-11)13-9-5-4-8-12(13)14/h1-9,14-15,17H,10,16H2. The fraction of sp³-hybridized carbons (Fsp3) is 0.200. The third-order valence-electron chi connectivity index (χ3n) is 3.38. The van der Waals surface area contributed by atoms with Gasteiger partial charge in [-0.25, -0.2) is 0 Å². The molecule has 2 aromatic rings. The van der Waals surface area contributed by atoms with E-state index in [0.717, 1.165) is 6.54 Å². The number of hydrogen-bond acceptors (Lipinski definition) is 2. The number of benzene rings is 2. The largest absolute Gasteiger partial charge is 0.323 e. The topological polar surface area (TPSA) is 38.0 Å². The summed E-state index contributed by atoms with van der Waals surface area (Å²) in [6.45, 7) is 0.830. The number of hydrogen-bond donors (Lipinski definition) is 2. The summed E-state index contributed by atoms with van der Waals surface area (Å²) in [5.74, 6) is 0. The van der Waals surface area contributed by atoms with Crippen molar-refractivity contribution in [2.24, 2.45) is 5.73 Å². The molecule has 1 aliphatic rings. The Morgan fingerprint density at radius 2 is 1.53 bits per heavy atom. The zero-order chi connectivity index (χ0) is 11.7. The molecular formula is C15H16N2. The van der Waals surface area contributed by atoms with Gasteiger partial charge in [-0.05, 0) is 16.7 Å². The molecule has 0 aliphatic carbocycles. The van der Waals surface area contributed by atoms with E-state index in [-0.39, 0.29) is 12.1 Å². The van der Waals surface area contributed by atoms with Gasteiger partial charge in [-0.2, -0.15) is 0 Å². The smallest absolute Gasteiger partial charge is 0.0580 e. The summed E-state index contributed by atoms with van der Waals surface area (Å²) in [7, 11) is 0. The van der Waals surface area contributed by atoms with Crippen LogP contribution in [0.3, 0.4) is 0 Å². The van der Waals surface area contributed by atoms with E-state index in [9.17, 15) is 0 Å². The molecule has 86 valence electrons. The van der Waals surface area contributed by atoms with Crippen molar-refractivity contribution in [3.8, 4) is 0 Å². The predicted molar refractivity (Wildman–Crippen MR) is 69.7 cm³/mol. The average Bonchev–Trinajstić information content (AvgIpc) is 2.41. The second-order valence-electron chi connectivity index (χ2n) is 4.49. The second kappa shape index (κ2) is 4.32. The van der Waals surface area contributed by atoms with Crippen LogP contribution in [-0.2, 0) is 0 Å². The fourth-order valence-electron chi connectivity index (χ4n) is 2.52. The molecule has 2 aromatic carbocycles. The van der Waals surface area contributed by atoms with Gasteiger partial charge in [0.2, 0.25) is 0 Å². The molecule has 0 radical (unpaired) electrons. The van der Waals surface area contributed by atoms with Crippen molar-refractivity contribution in [3.05, 3.63) is 71.3 Å². The van der Waals surface area contributed by atoms with Crippen LogP contribution in [0.1, 0.15) is 28.8 Å². The van der Waals surface area contributed by atoms with E-state index in [4.69, 9.17) is 5.73 Å². The minimum atomic E-state index is 0.103. The van der Waals surface area contributed by atoms with E-state index < -0.39 is 0 Å². The number of fused-ring (bicyclic) bond motifs is 1. The lowest BCUT2D eigenvalue weighted by Crippen LogP contribution is -2.37. The van der Waals surface area contributed by atoms with E-state index in [1.807, 2.05) is 6.07 Å². The Balaban J connectivity index is 2.07. The Morgan fingerprint density at radius 1 is 0.882 bits per heavy atom. The molecule has 1 heterocycles. The zero-order valence-electron chi connectivity index (χ0n) is 9.64. The van der Waals surface area contributed by atoms with Crippen LogP contribution < -0.4 is 11.1 Å². The first-order valence-corrected chi connectivity index (χ1v) is 5.99. The van der Waals surface area contributed by atoms with Gasteiger partial charge in [0.05, 0.1) is 6.04 Å². The minimum Gasteiger partial charge on any atom is -0.323 e. The summed E-state index contributed by atoms with van der Waals surface area (Å²) in [5.41, 5.74) is 9.99. The van der Waals surface area contributed by atoms with Crippen LogP contribution in [0.25, 0.3) is 0 Å².